The summed E-state index contributed by atoms with van der Waals surface area (Å²) < 4.78 is 5.22. The number of nitrogens with two attached hydrogens (primary N) is 1. The van der Waals surface area contributed by atoms with Gasteiger partial charge in [0.05, 0.1) is 6.04 Å². The molecule has 0 bridgehead atoms. The topological polar surface area (TPSA) is 39.2 Å². The smallest absolute Gasteiger partial charge is 0.193 e. The first-order chi connectivity index (χ1) is 6.09. The highest BCUT2D eigenvalue weighted by molar-refractivity contribution is 6.28. The van der Waals surface area contributed by atoms with E-state index in [4.69, 9.17) is 21.8 Å². The van der Waals surface area contributed by atoms with Crippen molar-refractivity contribution < 1.29 is 4.42 Å². The first kappa shape index (κ1) is 10.6. The molecular weight excluding hydrogens is 186 g/mol. The van der Waals surface area contributed by atoms with Gasteiger partial charge in [-0.05, 0) is 42.5 Å². The molecule has 0 aromatic carbocycles. The van der Waals surface area contributed by atoms with Crippen LogP contribution in [0.4, 0.5) is 0 Å². The van der Waals surface area contributed by atoms with E-state index in [9.17, 15) is 0 Å². The van der Waals surface area contributed by atoms with Gasteiger partial charge in [-0.3, -0.25) is 0 Å². The summed E-state index contributed by atoms with van der Waals surface area (Å²) in [6.07, 6.45) is 2.06. The lowest BCUT2D eigenvalue weighted by atomic mass is 10.0. The Balaban J connectivity index is 2.44. The van der Waals surface area contributed by atoms with Gasteiger partial charge in [0.25, 0.3) is 0 Å². The zero-order valence-electron chi connectivity index (χ0n) is 8.09. The van der Waals surface area contributed by atoms with E-state index in [0.717, 1.165) is 18.6 Å². The predicted molar refractivity (Wildman–Crippen MR) is 54.7 cm³/mol. The molecule has 1 heterocycles. The maximum absolute atomic E-state index is 5.90. The molecule has 2 nitrogen and oxygen atoms in total. The summed E-state index contributed by atoms with van der Waals surface area (Å²) in [7, 11) is 0. The molecule has 2 N–H and O–H groups in total. The lowest BCUT2D eigenvalue weighted by Crippen LogP contribution is -2.10. The molecule has 0 aliphatic carbocycles. The van der Waals surface area contributed by atoms with Crippen LogP contribution >= 0.6 is 11.6 Å². The molecular formula is C10H16ClNO. The van der Waals surface area contributed by atoms with Crippen LogP contribution in [0.5, 0.6) is 0 Å². The zero-order valence-corrected chi connectivity index (χ0v) is 8.84. The van der Waals surface area contributed by atoms with Crippen molar-refractivity contribution in [1.82, 2.24) is 0 Å². The van der Waals surface area contributed by atoms with Gasteiger partial charge in [0.15, 0.2) is 5.22 Å². The van der Waals surface area contributed by atoms with Crippen molar-refractivity contribution in [2.45, 2.75) is 32.7 Å². The SMILES string of the molecule is CC(C)CC[C@@H](N)c1ccc(Cl)o1. The van der Waals surface area contributed by atoms with Gasteiger partial charge in [-0.15, -0.1) is 0 Å². The quantitative estimate of drug-likeness (QED) is 0.812. The summed E-state index contributed by atoms with van der Waals surface area (Å²) in [5, 5.41) is 0.412. The summed E-state index contributed by atoms with van der Waals surface area (Å²) in [5.74, 6) is 1.46. The van der Waals surface area contributed by atoms with Gasteiger partial charge < -0.3 is 10.2 Å². The third kappa shape index (κ3) is 3.41. The molecule has 0 unspecified atom stereocenters. The van der Waals surface area contributed by atoms with Crippen LogP contribution in [0.2, 0.25) is 5.22 Å². The van der Waals surface area contributed by atoms with E-state index in [0.29, 0.717) is 11.1 Å². The number of rotatable bonds is 4. The number of hydrogen-bond donors (Lipinski definition) is 1. The predicted octanol–water partition coefficient (Wildman–Crippen LogP) is 3.37. The maximum atomic E-state index is 5.90. The van der Waals surface area contributed by atoms with Gasteiger partial charge in [0, 0.05) is 0 Å². The normalized spacial score (nSPS) is 13.6. The van der Waals surface area contributed by atoms with Gasteiger partial charge in [-0.1, -0.05) is 13.8 Å². The Morgan fingerprint density at radius 1 is 1.38 bits per heavy atom. The summed E-state index contributed by atoms with van der Waals surface area (Å²) in [6, 6.07) is 3.55. The minimum atomic E-state index is -0.0186. The van der Waals surface area contributed by atoms with Crippen LogP contribution in [-0.2, 0) is 0 Å². The van der Waals surface area contributed by atoms with Crippen molar-refractivity contribution in [3.05, 3.63) is 23.1 Å². The third-order valence-electron chi connectivity index (χ3n) is 2.01. The lowest BCUT2D eigenvalue weighted by molar-refractivity contribution is 0.425. The summed E-state index contributed by atoms with van der Waals surface area (Å²) in [5.41, 5.74) is 5.90. The molecule has 3 heteroatoms. The largest absolute Gasteiger partial charge is 0.448 e. The Morgan fingerprint density at radius 3 is 2.54 bits per heavy atom. The van der Waals surface area contributed by atoms with E-state index in [-0.39, 0.29) is 6.04 Å². The minimum Gasteiger partial charge on any atom is -0.448 e. The first-order valence-electron chi connectivity index (χ1n) is 4.60. The van der Waals surface area contributed by atoms with Crippen LogP contribution in [0, 0.1) is 5.92 Å². The van der Waals surface area contributed by atoms with Crippen LogP contribution in [0.15, 0.2) is 16.5 Å². The number of halogens is 1. The third-order valence-corrected chi connectivity index (χ3v) is 2.22. The molecule has 0 aliphatic rings. The Hall–Kier alpha value is -0.470. The molecule has 0 saturated heterocycles. The molecule has 1 rings (SSSR count). The average Bonchev–Trinajstić information content (AvgIpc) is 2.47. The van der Waals surface area contributed by atoms with Crippen LogP contribution in [0.25, 0.3) is 0 Å². The summed E-state index contributed by atoms with van der Waals surface area (Å²) in [4.78, 5) is 0. The summed E-state index contributed by atoms with van der Waals surface area (Å²) in [6.45, 7) is 4.36. The van der Waals surface area contributed by atoms with Gasteiger partial charge in [0.2, 0.25) is 0 Å². The Morgan fingerprint density at radius 2 is 2.08 bits per heavy atom. The number of hydrogen-bond acceptors (Lipinski definition) is 2. The highest BCUT2D eigenvalue weighted by Crippen LogP contribution is 2.22. The fourth-order valence-electron chi connectivity index (χ4n) is 1.18. The highest BCUT2D eigenvalue weighted by atomic mass is 35.5. The van der Waals surface area contributed by atoms with Crippen LogP contribution in [-0.4, -0.2) is 0 Å². The van der Waals surface area contributed by atoms with Crippen molar-refractivity contribution in [2.75, 3.05) is 0 Å². The van der Waals surface area contributed by atoms with Crippen molar-refractivity contribution in [3.8, 4) is 0 Å². The van der Waals surface area contributed by atoms with Crippen molar-refractivity contribution in [3.63, 3.8) is 0 Å². The van der Waals surface area contributed by atoms with Gasteiger partial charge in [0.1, 0.15) is 5.76 Å². The van der Waals surface area contributed by atoms with E-state index in [1.165, 1.54) is 0 Å². The molecule has 1 aromatic rings. The molecule has 0 radical (unpaired) electrons. The molecule has 1 atom stereocenters. The van der Waals surface area contributed by atoms with Crippen molar-refractivity contribution in [1.29, 1.82) is 0 Å². The van der Waals surface area contributed by atoms with Gasteiger partial charge in [-0.25, -0.2) is 0 Å². The van der Waals surface area contributed by atoms with Crippen LogP contribution < -0.4 is 5.73 Å². The van der Waals surface area contributed by atoms with E-state index < -0.39 is 0 Å². The first-order valence-corrected chi connectivity index (χ1v) is 4.98. The maximum Gasteiger partial charge on any atom is 0.193 e. The van der Waals surface area contributed by atoms with Gasteiger partial charge in [-0.2, -0.15) is 0 Å². The molecule has 0 spiro atoms. The molecule has 13 heavy (non-hydrogen) atoms. The van der Waals surface area contributed by atoms with E-state index in [1.807, 2.05) is 6.07 Å². The molecule has 0 aliphatic heterocycles. The zero-order chi connectivity index (χ0) is 9.84. The van der Waals surface area contributed by atoms with E-state index in [1.54, 1.807) is 6.07 Å². The summed E-state index contributed by atoms with van der Waals surface area (Å²) >= 11 is 5.64. The molecule has 0 fully saturated rings. The molecule has 0 amide bonds. The molecule has 74 valence electrons. The minimum absolute atomic E-state index is 0.0186. The van der Waals surface area contributed by atoms with Crippen molar-refractivity contribution in [2.24, 2.45) is 11.7 Å². The second-order valence-corrected chi connectivity index (χ2v) is 4.09. The Labute approximate surface area is 84.1 Å². The highest BCUT2D eigenvalue weighted by Gasteiger charge is 2.10. The lowest BCUT2D eigenvalue weighted by Gasteiger charge is -2.09. The second-order valence-electron chi connectivity index (χ2n) is 3.72. The number of furan rings is 1. The van der Waals surface area contributed by atoms with E-state index in [2.05, 4.69) is 13.8 Å². The fraction of sp³-hybridized carbons (Fsp3) is 0.600. The Kier molecular flexibility index (Phi) is 3.82. The Bertz CT molecular complexity index is 257. The van der Waals surface area contributed by atoms with Crippen LogP contribution in [0.3, 0.4) is 0 Å². The fourth-order valence-corrected chi connectivity index (χ4v) is 1.33. The molecule has 1 aromatic heterocycles. The van der Waals surface area contributed by atoms with Gasteiger partial charge >= 0.3 is 0 Å². The average molecular weight is 202 g/mol. The molecule has 0 saturated carbocycles. The standard InChI is InChI=1S/C10H16ClNO/c1-7(2)3-4-8(12)9-5-6-10(11)13-9/h5-8H,3-4,12H2,1-2H3/t8-/m1/s1. The monoisotopic (exact) mass is 201 g/mol. The van der Waals surface area contributed by atoms with Crippen LogP contribution in [0.1, 0.15) is 38.5 Å². The second kappa shape index (κ2) is 4.68. The van der Waals surface area contributed by atoms with E-state index >= 15 is 0 Å². The van der Waals surface area contributed by atoms with Crippen molar-refractivity contribution >= 4 is 11.6 Å².